The van der Waals surface area contributed by atoms with Gasteiger partial charge in [0.2, 0.25) is 0 Å². The number of aromatic nitrogens is 4. The van der Waals surface area contributed by atoms with Gasteiger partial charge in [0.1, 0.15) is 33.5 Å². The zero-order chi connectivity index (χ0) is 16.7. The van der Waals surface area contributed by atoms with Crippen LogP contribution >= 0.6 is 11.3 Å². The van der Waals surface area contributed by atoms with Crippen LogP contribution in [0.15, 0.2) is 41.7 Å². The Morgan fingerprint density at radius 1 is 1.17 bits per heavy atom. The van der Waals surface area contributed by atoms with Gasteiger partial charge in [-0.3, -0.25) is 9.36 Å². The van der Waals surface area contributed by atoms with Gasteiger partial charge in [0.05, 0.1) is 11.1 Å². The Morgan fingerprint density at radius 2 is 1.96 bits per heavy atom. The summed E-state index contributed by atoms with van der Waals surface area (Å²) >= 11 is 1.35. The summed E-state index contributed by atoms with van der Waals surface area (Å²) in [7, 11) is 0. The van der Waals surface area contributed by atoms with E-state index >= 15 is 0 Å². The van der Waals surface area contributed by atoms with Gasteiger partial charge in [0.15, 0.2) is 0 Å². The molecule has 0 aliphatic rings. The summed E-state index contributed by atoms with van der Waals surface area (Å²) < 4.78 is 2.16. The molecule has 0 radical (unpaired) electrons. The molecule has 0 bridgehead atoms. The third kappa shape index (κ3) is 2.25. The normalized spacial score (nSPS) is 11.2. The molecule has 1 aromatic carbocycles. The standard InChI is InChI=1S/C17H15N5OS/c1-3-18-15-12-13-14(24-16(12)20-8-19-15)17(23)22(9-21-13)11-6-4-10(2)5-7-11/h4-9H,3H2,1-2H3,(H,18,19,20). The Bertz CT molecular complexity index is 1100. The van der Waals surface area contributed by atoms with Crippen molar-refractivity contribution < 1.29 is 0 Å². The van der Waals surface area contributed by atoms with Gasteiger partial charge in [-0.2, -0.15) is 0 Å². The molecule has 0 amide bonds. The third-order valence-corrected chi connectivity index (χ3v) is 4.91. The quantitative estimate of drug-likeness (QED) is 0.622. The van der Waals surface area contributed by atoms with E-state index in [2.05, 4.69) is 20.3 Å². The fourth-order valence-electron chi connectivity index (χ4n) is 2.65. The van der Waals surface area contributed by atoms with E-state index in [4.69, 9.17) is 0 Å². The molecule has 0 atom stereocenters. The summed E-state index contributed by atoms with van der Waals surface area (Å²) in [6.07, 6.45) is 3.08. The average Bonchev–Trinajstić information content (AvgIpc) is 2.97. The number of hydrogen-bond donors (Lipinski definition) is 1. The van der Waals surface area contributed by atoms with Crippen LogP contribution < -0.4 is 10.9 Å². The lowest BCUT2D eigenvalue weighted by atomic mass is 10.2. The second kappa shape index (κ2) is 5.68. The van der Waals surface area contributed by atoms with E-state index in [-0.39, 0.29) is 5.56 Å². The number of aryl methyl sites for hydroxylation is 1. The van der Waals surface area contributed by atoms with Crippen LogP contribution in [-0.4, -0.2) is 26.1 Å². The fourth-order valence-corrected chi connectivity index (χ4v) is 3.68. The van der Waals surface area contributed by atoms with Crippen molar-refractivity contribution in [2.75, 3.05) is 11.9 Å². The highest BCUT2D eigenvalue weighted by Crippen LogP contribution is 2.32. The van der Waals surface area contributed by atoms with Crippen LogP contribution in [0.3, 0.4) is 0 Å². The second-order valence-corrected chi connectivity index (χ2v) is 6.47. The van der Waals surface area contributed by atoms with Crippen LogP contribution in [0, 0.1) is 6.92 Å². The van der Waals surface area contributed by atoms with E-state index in [1.807, 2.05) is 38.1 Å². The molecule has 0 aliphatic carbocycles. The van der Waals surface area contributed by atoms with Crippen molar-refractivity contribution in [1.82, 2.24) is 19.5 Å². The van der Waals surface area contributed by atoms with E-state index in [0.29, 0.717) is 16.0 Å². The largest absolute Gasteiger partial charge is 0.370 e. The minimum atomic E-state index is -0.0886. The molecule has 4 rings (SSSR count). The summed E-state index contributed by atoms with van der Waals surface area (Å²) in [4.78, 5) is 26.8. The Kier molecular flexibility index (Phi) is 3.50. The zero-order valence-electron chi connectivity index (χ0n) is 13.3. The number of nitrogens with one attached hydrogen (secondary N) is 1. The van der Waals surface area contributed by atoms with Crippen LogP contribution in [0.5, 0.6) is 0 Å². The van der Waals surface area contributed by atoms with Crippen LogP contribution in [0.2, 0.25) is 0 Å². The highest BCUT2D eigenvalue weighted by Gasteiger charge is 2.16. The van der Waals surface area contributed by atoms with Gasteiger partial charge in [-0.15, -0.1) is 11.3 Å². The van der Waals surface area contributed by atoms with Crippen LogP contribution in [0.1, 0.15) is 12.5 Å². The summed E-state index contributed by atoms with van der Waals surface area (Å²) in [6, 6.07) is 7.79. The molecule has 0 saturated carbocycles. The lowest BCUT2D eigenvalue weighted by molar-refractivity contribution is 0.966. The maximum absolute atomic E-state index is 12.9. The molecule has 0 spiro atoms. The number of benzene rings is 1. The number of rotatable bonds is 3. The van der Waals surface area contributed by atoms with Gasteiger partial charge in [0, 0.05) is 6.54 Å². The van der Waals surface area contributed by atoms with Gasteiger partial charge in [-0.1, -0.05) is 17.7 Å². The molecule has 6 nitrogen and oxygen atoms in total. The average molecular weight is 337 g/mol. The van der Waals surface area contributed by atoms with E-state index in [9.17, 15) is 4.79 Å². The summed E-state index contributed by atoms with van der Waals surface area (Å²) in [5.41, 5.74) is 2.51. The predicted octanol–water partition coefficient (Wildman–Crippen LogP) is 3.13. The molecule has 0 saturated heterocycles. The Morgan fingerprint density at radius 3 is 2.71 bits per heavy atom. The lowest BCUT2D eigenvalue weighted by Gasteiger charge is -2.06. The molecule has 24 heavy (non-hydrogen) atoms. The topological polar surface area (TPSA) is 72.7 Å². The molecule has 7 heteroatoms. The molecule has 0 unspecified atom stereocenters. The van der Waals surface area contributed by atoms with Crippen molar-refractivity contribution in [2.45, 2.75) is 13.8 Å². The Balaban J connectivity index is 2.00. The second-order valence-electron chi connectivity index (χ2n) is 5.47. The van der Waals surface area contributed by atoms with Crippen molar-refractivity contribution in [3.05, 3.63) is 52.8 Å². The van der Waals surface area contributed by atoms with Crippen LogP contribution in [0.4, 0.5) is 5.82 Å². The van der Waals surface area contributed by atoms with Crippen molar-refractivity contribution in [3.8, 4) is 5.69 Å². The van der Waals surface area contributed by atoms with Gasteiger partial charge in [-0.25, -0.2) is 15.0 Å². The SMILES string of the molecule is CCNc1ncnc2sc3c(=O)n(-c4ccc(C)cc4)cnc3c12. The summed E-state index contributed by atoms with van der Waals surface area (Å²) in [5, 5.41) is 4.02. The highest BCUT2D eigenvalue weighted by atomic mass is 32.1. The van der Waals surface area contributed by atoms with E-state index in [1.165, 1.54) is 17.7 Å². The Hall–Kier alpha value is -2.80. The first-order valence-corrected chi connectivity index (χ1v) is 8.46. The minimum absolute atomic E-state index is 0.0886. The maximum Gasteiger partial charge on any atom is 0.275 e. The van der Waals surface area contributed by atoms with Crippen molar-refractivity contribution in [1.29, 1.82) is 0 Å². The fraction of sp³-hybridized carbons (Fsp3) is 0.176. The zero-order valence-corrected chi connectivity index (χ0v) is 14.1. The molecule has 4 aromatic rings. The first-order chi connectivity index (χ1) is 11.7. The van der Waals surface area contributed by atoms with Crippen LogP contribution in [-0.2, 0) is 0 Å². The van der Waals surface area contributed by atoms with Crippen molar-refractivity contribution in [3.63, 3.8) is 0 Å². The van der Waals surface area contributed by atoms with E-state index in [0.717, 1.165) is 28.0 Å². The molecule has 3 heterocycles. The number of hydrogen-bond acceptors (Lipinski definition) is 6. The predicted molar refractivity (Wildman–Crippen MR) is 97.2 cm³/mol. The number of fused-ring (bicyclic) bond motifs is 3. The number of anilines is 1. The summed E-state index contributed by atoms with van der Waals surface area (Å²) in [5.74, 6) is 0.716. The monoisotopic (exact) mass is 337 g/mol. The van der Waals surface area contributed by atoms with Crippen LogP contribution in [0.25, 0.3) is 26.1 Å². The molecule has 0 fully saturated rings. The number of thiophene rings is 1. The van der Waals surface area contributed by atoms with E-state index in [1.54, 1.807) is 10.9 Å². The van der Waals surface area contributed by atoms with E-state index < -0.39 is 0 Å². The molecular weight excluding hydrogens is 322 g/mol. The Labute approximate surface area is 141 Å². The molecule has 3 aromatic heterocycles. The lowest BCUT2D eigenvalue weighted by Crippen LogP contribution is -2.17. The number of nitrogens with zero attached hydrogens (tertiary/aromatic N) is 4. The highest BCUT2D eigenvalue weighted by molar-refractivity contribution is 7.25. The van der Waals surface area contributed by atoms with Crippen molar-refractivity contribution >= 4 is 37.6 Å². The summed E-state index contributed by atoms with van der Waals surface area (Å²) in [6.45, 7) is 4.76. The van der Waals surface area contributed by atoms with Gasteiger partial charge in [0.25, 0.3) is 5.56 Å². The maximum atomic E-state index is 12.9. The first kappa shape index (κ1) is 14.8. The first-order valence-electron chi connectivity index (χ1n) is 7.65. The smallest absolute Gasteiger partial charge is 0.275 e. The van der Waals surface area contributed by atoms with Gasteiger partial charge >= 0.3 is 0 Å². The molecule has 0 aliphatic heterocycles. The van der Waals surface area contributed by atoms with Crippen molar-refractivity contribution in [2.24, 2.45) is 0 Å². The van der Waals surface area contributed by atoms with Gasteiger partial charge in [-0.05, 0) is 26.0 Å². The molecular formula is C17H15N5OS. The third-order valence-electron chi connectivity index (χ3n) is 3.83. The van der Waals surface area contributed by atoms with Gasteiger partial charge < -0.3 is 5.32 Å². The minimum Gasteiger partial charge on any atom is -0.370 e. The molecule has 120 valence electrons. The molecule has 1 N–H and O–H groups in total.